The van der Waals surface area contributed by atoms with E-state index in [1.54, 1.807) is 0 Å². The van der Waals surface area contributed by atoms with Gasteiger partial charge in [-0.05, 0) is 38.0 Å². The SMILES string of the molecule is CC/C=C\C=C(/C)[C@H]1N=C(COCC2COc3ccccc3O2)NC1C. The van der Waals surface area contributed by atoms with Gasteiger partial charge in [-0.15, -0.1) is 0 Å². The maximum absolute atomic E-state index is 5.91. The molecule has 0 spiro atoms. The van der Waals surface area contributed by atoms with E-state index < -0.39 is 0 Å². The Morgan fingerprint density at radius 3 is 2.96 bits per heavy atom. The van der Waals surface area contributed by atoms with Crippen LogP contribution >= 0.6 is 0 Å². The molecular weight excluding hydrogens is 328 g/mol. The van der Waals surface area contributed by atoms with Crippen molar-refractivity contribution in [3.05, 3.63) is 48.1 Å². The lowest BCUT2D eigenvalue weighted by molar-refractivity contribution is 0.0195. The molecule has 0 saturated carbocycles. The van der Waals surface area contributed by atoms with E-state index in [1.807, 2.05) is 24.3 Å². The fourth-order valence-electron chi connectivity index (χ4n) is 3.12. The van der Waals surface area contributed by atoms with Crippen LogP contribution in [0.15, 0.2) is 53.1 Å². The quantitative estimate of drug-likeness (QED) is 0.760. The van der Waals surface area contributed by atoms with Crippen LogP contribution in [0, 0.1) is 0 Å². The van der Waals surface area contributed by atoms with Crippen LogP contribution in [0.3, 0.4) is 0 Å². The van der Waals surface area contributed by atoms with Crippen molar-refractivity contribution in [1.82, 2.24) is 5.32 Å². The number of aliphatic imine (C=N–C) groups is 1. The number of ether oxygens (including phenoxy) is 3. The van der Waals surface area contributed by atoms with Gasteiger partial charge < -0.3 is 19.5 Å². The van der Waals surface area contributed by atoms with Gasteiger partial charge in [0.15, 0.2) is 17.6 Å². The van der Waals surface area contributed by atoms with Crippen molar-refractivity contribution in [3.63, 3.8) is 0 Å². The van der Waals surface area contributed by atoms with Crippen LogP contribution in [0.5, 0.6) is 11.5 Å². The molecule has 5 heteroatoms. The van der Waals surface area contributed by atoms with Gasteiger partial charge in [0.05, 0.1) is 18.7 Å². The second kappa shape index (κ2) is 8.90. The molecule has 1 aromatic carbocycles. The zero-order chi connectivity index (χ0) is 18.4. The number of rotatable bonds is 7. The molecule has 0 aromatic heterocycles. The van der Waals surface area contributed by atoms with Crippen LogP contribution in [0.2, 0.25) is 0 Å². The predicted octanol–water partition coefficient (Wildman–Crippen LogP) is 3.51. The number of hydrogen-bond donors (Lipinski definition) is 1. The first-order chi connectivity index (χ1) is 12.7. The minimum absolute atomic E-state index is 0.0964. The standard InChI is InChI=1S/C21H28N2O3/c1-4-5-6-9-15(2)21-16(3)22-20(23-21)14-24-12-17-13-25-18-10-7-8-11-19(18)26-17/h5-11,16-17,21H,4,12-14H2,1-3H3,(H,22,23)/b6-5-,15-9+/t16?,17?,21-/m1/s1. The van der Waals surface area contributed by atoms with E-state index in [0.29, 0.717) is 19.8 Å². The van der Waals surface area contributed by atoms with Gasteiger partial charge in [-0.3, -0.25) is 4.99 Å². The normalized spacial score (nSPS) is 25.3. The number of para-hydroxylation sites is 2. The van der Waals surface area contributed by atoms with Crippen LogP contribution < -0.4 is 14.8 Å². The molecule has 1 aromatic rings. The summed E-state index contributed by atoms with van der Waals surface area (Å²) >= 11 is 0. The summed E-state index contributed by atoms with van der Waals surface area (Å²) in [6, 6.07) is 8.15. The Labute approximate surface area is 155 Å². The van der Waals surface area contributed by atoms with Crippen LogP contribution in [0.25, 0.3) is 0 Å². The highest BCUT2D eigenvalue weighted by Gasteiger charge is 2.26. The van der Waals surface area contributed by atoms with Crippen LogP contribution in [-0.2, 0) is 4.74 Å². The molecule has 140 valence electrons. The molecule has 0 saturated heterocycles. The molecule has 3 atom stereocenters. The third-order valence-corrected chi connectivity index (χ3v) is 4.47. The Hall–Kier alpha value is -2.27. The fraction of sp³-hybridized carbons (Fsp3) is 0.476. The van der Waals surface area contributed by atoms with E-state index in [2.05, 4.69) is 44.3 Å². The lowest BCUT2D eigenvalue weighted by Gasteiger charge is -2.26. The summed E-state index contributed by atoms with van der Waals surface area (Å²) in [5.74, 6) is 2.46. The number of nitrogens with one attached hydrogen (secondary N) is 1. The van der Waals surface area contributed by atoms with Crippen molar-refractivity contribution in [2.45, 2.75) is 45.4 Å². The molecule has 3 rings (SSSR count). The minimum Gasteiger partial charge on any atom is -0.486 e. The molecule has 1 N–H and O–H groups in total. The molecule has 2 unspecified atom stereocenters. The molecule has 2 aliphatic rings. The smallest absolute Gasteiger partial charge is 0.161 e. The Bertz CT molecular complexity index is 696. The number of allylic oxidation sites excluding steroid dienone is 3. The van der Waals surface area contributed by atoms with Crippen molar-refractivity contribution >= 4 is 5.84 Å². The summed E-state index contributed by atoms with van der Waals surface area (Å²) in [7, 11) is 0. The Morgan fingerprint density at radius 1 is 1.35 bits per heavy atom. The van der Waals surface area contributed by atoms with Crippen molar-refractivity contribution < 1.29 is 14.2 Å². The first kappa shape index (κ1) is 18.5. The third-order valence-electron chi connectivity index (χ3n) is 4.47. The first-order valence-electron chi connectivity index (χ1n) is 9.30. The van der Waals surface area contributed by atoms with E-state index in [4.69, 9.17) is 19.2 Å². The number of fused-ring (bicyclic) bond motifs is 1. The van der Waals surface area contributed by atoms with E-state index in [1.165, 1.54) is 5.57 Å². The molecule has 2 heterocycles. The summed E-state index contributed by atoms with van der Waals surface area (Å²) in [5, 5.41) is 3.42. The number of nitrogens with zero attached hydrogens (tertiary/aromatic N) is 1. The minimum atomic E-state index is -0.0964. The third kappa shape index (κ3) is 4.67. The molecule has 0 radical (unpaired) electrons. The van der Waals surface area contributed by atoms with Crippen LogP contribution in [0.1, 0.15) is 27.2 Å². The molecule has 0 amide bonds. The average molecular weight is 356 g/mol. The number of benzene rings is 1. The van der Waals surface area contributed by atoms with Gasteiger partial charge in [-0.1, -0.05) is 37.3 Å². The van der Waals surface area contributed by atoms with Crippen LogP contribution in [-0.4, -0.2) is 43.8 Å². The average Bonchev–Trinajstić information content (AvgIpc) is 3.02. The molecule has 0 fully saturated rings. The van der Waals surface area contributed by atoms with Gasteiger partial charge in [0.2, 0.25) is 0 Å². The van der Waals surface area contributed by atoms with Gasteiger partial charge in [0.1, 0.15) is 19.0 Å². The summed E-state index contributed by atoms with van der Waals surface area (Å²) in [6.07, 6.45) is 7.34. The highest BCUT2D eigenvalue weighted by molar-refractivity contribution is 5.86. The summed E-state index contributed by atoms with van der Waals surface area (Å²) in [5.41, 5.74) is 1.25. The van der Waals surface area contributed by atoms with E-state index in [9.17, 15) is 0 Å². The van der Waals surface area contributed by atoms with Gasteiger partial charge in [0.25, 0.3) is 0 Å². The molecule has 2 aliphatic heterocycles. The van der Waals surface area contributed by atoms with E-state index in [-0.39, 0.29) is 18.2 Å². The molecular formula is C21H28N2O3. The second-order valence-electron chi connectivity index (χ2n) is 6.71. The highest BCUT2D eigenvalue weighted by atomic mass is 16.6. The van der Waals surface area contributed by atoms with Crippen molar-refractivity contribution in [1.29, 1.82) is 0 Å². The van der Waals surface area contributed by atoms with Crippen molar-refractivity contribution in [3.8, 4) is 11.5 Å². The molecule has 0 bridgehead atoms. The largest absolute Gasteiger partial charge is 0.486 e. The Kier molecular flexibility index (Phi) is 6.34. The topological polar surface area (TPSA) is 52.1 Å². The molecule has 0 aliphatic carbocycles. The maximum atomic E-state index is 5.91. The predicted molar refractivity (Wildman–Crippen MR) is 104 cm³/mol. The fourth-order valence-corrected chi connectivity index (χ4v) is 3.12. The lowest BCUT2D eigenvalue weighted by Crippen LogP contribution is -2.36. The zero-order valence-electron chi connectivity index (χ0n) is 15.8. The van der Waals surface area contributed by atoms with Crippen molar-refractivity contribution in [2.24, 2.45) is 4.99 Å². The Morgan fingerprint density at radius 2 is 2.15 bits per heavy atom. The van der Waals surface area contributed by atoms with E-state index >= 15 is 0 Å². The van der Waals surface area contributed by atoms with Gasteiger partial charge in [0, 0.05) is 0 Å². The van der Waals surface area contributed by atoms with Crippen LogP contribution in [0.4, 0.5) is 0 Å². The Balaban J connectivity index is 1.47. The first-order valence-corrected chi connectivity index (χ1v) is 9.30. The molecule has 5 nitrogen and oxygen atoms in total. The zero-order valence-corrected chi connectivity index (χ0v) is 15.8. The van der Waals surface area contributed by atoms with Gasteiger partial charge >= 0.3 is 0 Å². The van der Waals surface area contributed by atoms with Gasteiger partial charge in [-0.25, -0.2) is 0 Å². The monoisotopic (exact) mass is 356 g/mol. The maximum Gasteiger partial charge on any atom is 0.161 e. The summed E-state index contributed by atoms with van der Waals surface area (Å²) < 4.78 is 17.4. The lowest BCUT2D eigenvalue weighted by atomic mass is 10.0. The van der Waals surface area contributed by atoms with Gasteiger partial charge in [-0.2, -0.15) is 0 Å². The molecule has 26 heavy (non-hydrogen) atoms. The highest BCUT2D eigenvalue weighted by Crippen LogP contribution is 2.30. The number of hydrogen-bond acceptors (Lipinski definition) is 5. The van der Waals surface area contributed by atoms with E-state index in [0.717, 1.165) is 23.8 Å². The van der Waals surface area contributed by atoms with Crippen molar-refractivity contribution in [2.75, 3.05) is 19.8 Å². The summed E-state index contributed by atoms with van der Waals surface area (Å²) in [4.78, 5) is 4.77. The number of amidine groups is 1. The summed E-state index contributed by atoms with van der Waals surface area (Å²) in [6.45, 7) is 7.84. The second-order valence-corrected chi connectivity index (χ2v) is 6.71.